The molecule has 0 saturated carbocycles. The van der Waals surface area contributed by atoms with Crippen molar-refractivity contribution in [3.63, 3.8) is 0 Å². The molecule has 0 aromatic rings. The zero-order valence-electron chi connectivity index (χ0n) is 5.38. The van der Waals surface area contributed by atoms with Crippen LogP contribution in [0.3, 0.4) is 0 Å². The summed E-state index contributed by atoms with van der Waals surface area (Å²) in [6.45, 7) is 0. The van der Waals surface area contributed by atoms with Gasteiger partial charge < -0.3 is 0 Å². The number of allylic oxidation sites excluding steroid dienone is 4. The predicted molar refractivity (Wildman–Crippen MR) is 42.8 cm³/mol. The molecule has 0 aliphatic carbocycles. The third-order valence-corrected chi connectivity index (χ3v) is 5.83. The molecule has 0 unspecified atom stereocenters. The van der Waals surface area contributed by atoms with Crippen molar-refractivity contribution in [2.24, 2.45) is 0 Å². The minimum Gasteiger partial charge on any atom is -0.0908 e. The number of rotatable bonds is 0. The van der Waals surface area contributed by atoms with Crippen LogP contribution < -0.4 is 0 Å². The molecule has 1 spiro atoms. The number of hydrogen-bond donors (Lipinski definition) is 0. The van der Waals surface area contributed by atoms with E-state index in [2.05, 4.69) is 35.7 Å². The van der Waals surface area contributed by atoms with Crippen molar-refractivity contribution in [2.45, 2.75) is 12.1 Å². The first kappa shape index (κ1) is 5.24. The third kappa shape index (κ3) is 0.723. The highest BCUT2D eigenvalue weighted by molar-refractivity contribution is 6.91. The van der Waals surface area contributed by atoms with E-state index >= 15 is 0 Å². The lowest BCUT2D eigenvalue weighted by Gasteiger charge is -2.12. The van der Waals surface area contributed by atoms with Gasteiger partial charge in [-0.15, -0.1) is 0 Å². The Morgan fingerprint density at radius 3 is 2.00 bits per heavy atom. The normalized spacial score (nSPS) is 26.7. The quantitative estimate of drug-likeness (QED) is 0.352. The van der Waals surface area contributed by atoms with Crippen molar-refractivity contribution in [3.8, 4) is 0 Å². The summed E-state index contributed by atoms with van der Waals surface area (Å²) in [6.07, 6.45) is 9.07. The molecule has 2 aliphatic rings. The Kier molecular flexibility index (Phi) is 0.994. The van der Waals surface area contributed by atoms with Crippen LogP contribution in [0.2, 0.25) is 12.1 Å². The molecule has 0 aromatic heterocycles. The molecule has 0 amide bonds. The van der Waals surface area contributed by atoms with Gasteiger partial charge in [-0.2, -0.15) is 0 Å². The fourth-order valence-electron chi connectivity index (χ4n) is 1.51. The summed E-state index contributed by atoms with van der Waals surface area (Å²) in [4.78, 5) is 0. The molecule has 0 N–H and O–H groups in total. The van der Waals surface area contributed by atoms with Crippen LogP contribution in [-0.2, 0) is 0 Å². The van der Waals surface area contributed by atoms with Gasteiger partial charge in [0.2, 0.25) is 0 Å². The Balaban J connectivity index is 2.27. The zero-order chi connectivity index (χ0) is 6.16. The van der Waals surface area contributed by atoms with E-state index in [1.54, 1.807) is 0 Å². The lowest BCUT2D eigenvalue weighted by molar-refractivity contribution is 1.63. The van der Waals surface area contributed by atoms with E-state index in [0.717, 1.165) is 0 Å². The van der Waals surface area contributed by atoms with Gasteiger partial charge in [0, 0.05) is 0 Å². The second-order valence-corrected chi connectivity index (χ2v) is 6.78. The van der Waals surface area contributed by atoms with Gasteiger partial charge in [0.1, 0.15) is 8.07 Å². The first-order chi connectivity index (χ1) is 4.41. The molecule has 0 aromatic carbocycles. The molecule has 2 rings (SSSR count). The molecule has 0 atom stereocenters. The Bertz CT molecular complexity index is 177. The summed E-state index contributed by atoms with van der Waals surface area (Å²) >= 11 is 0. The minimum absolute atomic E-state index is 0.941. The Hall–Kier alpha value is -0.563. The lowest BCUT2D eigenvalue weighted by Crippen LogP contribution is -2.22. The van der Waals surface area contributed by atoms with Crippen LogP contribution in [0.25, 0.3) is 0 Å². The second kappa shape index (κ2) is 1.71. The van der Waals surface area contributed by atoms with Gasteiger partial charge in [-0.25, -0.2) is 0 Å². The summed E-state index contributed by atoms with van der Waals surface area (Å²) in [5.74, 6) is 0. The Morgan fingerprint density at radius 2 is 1.44 bits per heavy atom. The molecular formula is C8H10Si. The van der Waals surface area contributed by atoms with Crippen molar-refractivity contribution in [3.05, 3.63) is 35.7 Å². The van der Waals surface area contributed by atoms with Crippen LogP contribution in [0.15, 0.2) is 35.7 Å². The van der Waals surface area contributed by atoms with Gasteiger partial charge in [-0.3, -0.25) is 0 Å². The van der Waals surface area contributed by atoms with Crippen molar-refractivity contribution in [1.82, 2.24) is 0 Å². The Morgan fingerprint density at radius 1 is 0.889 bits per heavy atom. The molecule has 46 valence electrons. The first-order valence-corrected chi connectivity index (χ1v) is 6.00. The van der Waals surface area contributed by atoms with E-state index in [1.165, 1.54) is 12.1 Å². The van der Waals surface area contributed by atoms with E-state index < -0.39 is 8.07 Å². The van der Waals surface area contributed by atoms with Gasteiger partial charge in [0.05, 0.1) is 0 Å². The maximum absolute atomic E-state index is 2.44. The van der Waals surface area contributed by atoms with Gasteiger partial charge in [0.25, 0.3) is 0 Å². The minimum atomic E-state index is -0.941. The largest absolute Gasteiger partial charge is 0.109 e. The molecule has 0 radical (unpaired) electrons. The fourth-order valence-corrected chi connectivity index (χ4v) is 4.53. The highest BCUT2D eigenvalue weighted by atomic mass is 28.3. The van der Waals surface area contributed by atoms with Gasteiger partial charge in [0.15, 0.2) is 0 Å². The molecule has 0 saturated heterocycles. The van der Waals surface area contributed by atoms with E-state index in [9.17, 15) is 0 Å². The summed E-state index contributed by atoms with van der Waals surface area (Å²) in [5.41, 5.74) is 4.88. The number of hydrogen-bond acceptors (Lipinski definition) is 0. The van der Waals surface area contributed by atoms with E-state index in [-0.39, 0.29) is 0 Å². The SMILES string of the molecule is C1=C[Si]2(C=C1)CC=CC2. The smallest absolute Gasteiger partial charge is 0.0908 e. The van der Waals surface area contributed by atoms with Crippen molar-refractivity contribution < 1.29 is 0 Å². The molecule has 0 fully saturated rings. The van der Waals surface area contributed by atoms with Crippen LogP contribution in [0.4, 0.5) is 0 Å². The van der Waals surface area contributed by atoms with E-state index in [1.807, 2.05) is 0 Å². The fraction of sp³-hybridized carbons (Fsp3) is 0.250. The molecule has 2 aliphatic heterocycles. The average Bonchev–Trinajstić information content (AvgIpc) is 2.45. The van der Waals surface area contributed by atoms with Crippen LogP contribution in [0.5, 0.6) is 0 Å². The maximum atomic E-state index is 2.44. The molecule has 0 bridgehead atoms. The van der Waals surface area contributed by atoms with Crippen LogP contribution in [0, 0.1) is 0 Å². The van der Waals surface area contributed by atoms with Crippen LogP contribution in [-0.4, -0.2) is 8.07 Å². The lowest BCUT2D eigenvalue weighted by atomic mass is 10.6. The third-order valence-electron chi connectivity index (χ3n) is 2.13. The van der Waals surface area contributed by atoms with Crippen LogP contribution in [0.1, 0.15) is 0 Å². The van der Waals surface area contributed by atoms with Gasteiger partial charge >= 0.3 is 0 Å². The highest BCUT2D eigenvalue weighted by Crippen LogP contribution is 2.28. The van der Waals surface area contributed by atoms with Crippen molar-refractivity contribution in [1.29, 1.82) is 0 Å². The van der Waals surface area contributed by atoms with Gasteiger partial charge in [-0.1, -0.05) is 35.7 Å². The molecule has 1 heteroatoms. The van der Waals surface area contributed by atoms with Crippen LogP contribution >= 0.6 is 0 Å². The predicted octanol–water partition coefficient (Wildman–Crippen LogP) is 2.21. The first-order valence-electron chi connectivity index (χ1n) is 3.43. The Labute approximate surface area is 56.6 Å². The molecule has 9 heavy (non-hydrogen) atoms. The highest BCUT2D eigenvalue weighted by Gasteiger charge is 2.28. The second-order valence-electron chi connectivity index (χ2n) is 2.83. The molecule has 0 nitrogen and oxygen atoms in total. The monoisotopic (exact) mass is 134 g/mol. The summed E-state index contributed by atoms with van der Waals surface area (Å²) < 4.78 is 0. The zero-order valence-corrected chi connectivity index (χ0v) is 6.38. The van der Waals surface area contributed by atoms with Crippen molar-refractivity contribution >= 4 is 8.07 Å². The maximum Gasteiger partial charge on any atom is 0.109 e. The topological polar surface area (TPSA) is 0 Å². The van der Waals surface area contributed by atoms with E-state index in [4.69, 9.17) is 0 Å². The summed E-state index contributed by atoms with van der Waals surface area (Å²) in [5, 5.41) is 0. The van der Waals surface area contributed by atoms with Gasteiger partial charge in [-0.05, 0) is 12.1 Å². The summed E-state index contributed by atoms with van der Waals surface area (Å²) in [7, 11) is -0.941. The average molecular weight is 134 g/mol. The summed E-state index contributed by atoms with van der Waals surface area (Å²) in [6, 6.07) is 2.69. The van der Waals surface area contributed by atoms with E-state index in [0.29, 0.717) is 0 Å². The van der Waals surface area contributed by atoms with Crippen molar-refractivity contribution in [2.75, 3.05) is 0 Å². The molecule has 2 heterocycles. The molecular weight excluding hydrogens is 124 g/mol. The standard InChI is InChI=1S/C8H10Si/c1-2-6-9(5-1)7-3-4-8-9/h1-6H,7-8H2.